The average molecular weight is 523 g/mol. The van der Waals surface area contributed by atoms with Crippen LogP contribution in [-0.4, -0.2) is 58.0 Å². The molecule has 7 nitrogen and oxygen atoms in total. The van der Waals surface area contributed by atoms with E-state index in [1.54, 1.807) is 28.8 Å². The van der Waals surface area contributed by atoms with E-state index in [0.29, 0.717) is 29.9 Å². The lowest BCUT2D eigenvalue weighted by atomic mass is 9.98. The zero-order valence-electron chi connectivity index (χ0n) is 21.8. The summed E-state index contributed by atoms with van der Waals surface area (Å²) in [6.45, 7) is 8.31. The van der Waals surface area contributed by atoms with Gasteiger partial charge in [0, 0.05) is 39.8 Å². The summed E-state index contributed by atoms with van der Waals surface area (Å²) in [5, 5.41) is 0. The van der Waals surface area contributed by atoms with Crippen LogP contribution >= 0.6 is 0 Å². The molecule has 1 aliphatic carbocycles. The van der Waals surface area contributed by atoms with E-state index in [-0.39, 0.29) is 18.2 Å². The molecule has 204 valence electrons. The monoisotopic (exact) mass is 522 g/mol. The molecule has 4 rings (SSSR count). The highest BCUT2D eigenvalue weighted by Crippen LogP contribution is 2.52. The van der Waals surface area contributed by atoms with Gasteiger partial charge in [0.25, 0.3) is 0 Å². The number of amides is 1. The molecule has 2 aliphatic rings. The Bertz CT molecular complexity index is 1030. The molecule has 0 spiro atoms. The molecule has 37 heavy (non-hydrogen) atoms. The summed E-state index contributed by atoms with van der Waals surface area (Å²) < 4.78 is 49.3. The zero-order chi connectivity index (χ0) is 26.6. The van der Waals surface area contributed by atoms with Crippen molar-refractivity contribution in [3.63, 3.8) is 0 Å². The molecule has 1 aromatic heterocycles. The number of hydrogen-bond donors (Lipinski definition) is 0. The van der Waals surface area contributed by atoms with Gasteiger partial charge in [-0.1, -0.05) is 45.2 Å². The van der Waals surface area contributed by atoms with Crippen LogP contribution in [0.1, 0.15) is 45.1 Å². The second kappa shape index (κ2) is 11.8. The van der Waals surface area contributed by atoms with Gasteiger partial charge in [0.15, 0.2) is 0 Å². The van der Waals surface area contributed by atoms with Crippen molar-refractivity contribution in [1.82, 2.24) is 19.4 Å². The maximum atomic E-state index is 13.1. The number of imidazole rings is 1. The summed E-state index contributed by atoms with van der Waals surface area (Å²) in [7, 11) is 1.77. The van der Waals surface area contributed by atoms with Gasteiger partial charge in [0.1, 0.15) is 5.75 Å². The number of aryl methyl sites for hydroxylation is 1. The molecule has 1 saturated carbocycles. The average Bonchev–Trinajstić information content (AvgIpc) is 3.12. The van der Waals surface area contributed by atoms with Crippen LogP contribution in [0.15, 0.2) is 36.8 Å². The van der Waals surface area contributed by atoms with Crippen molar-refractivity contribution in [2.45, 2.75) is 52.4 Å². The Morgan fingerprint density at radius 1 is 1.24 bits per heavy atom. The van der Waals surface area contributed by atoms with Crippen LogP contribution in [0.5, 0.6) is 11.6 Å². The first-order valence-electron chi connectivity index (χ1n) is 13.2. The van der Waals surface area contributed by atoms with Crippen molar-refractivity contribution >= 4 is 6.09 Å². The second-order valence-corrected chi connectivity index (χ2v) is 10.4. The number of nitrogens with zero attached hydrogens (tertiary/aromatic N) is 4. The fraction of sp³-hybridized carbons (Fsp3) is 0.630. The Hall–Kier alpha value is -2.75. The fourth-order valence-electron chi connectivity index (χ4n) is 5.55. The van der Waals surface area contributed by atoms with Crippen LogP contribution in [-0.2, 0) is 13.6 Å². The third-order valence-corrected chi connectivity index (χ3v) is 7.57. The topological polar surface area (TPSA) is 59.8 Å². The number of ether oxygens (including phenoxy) is 2. The number of piperidine rings is 1. The minimum Gasteiger partial charge on any atom is -0.406 e. The van der Waals surface area contributed by atoms with Gasteiger partial charge < -0.3 is 23.8 Å². The fourth-order valence-corrected chi connectivity index (χ4v) is 5.55. The van der Waals surface area contributed by atoms with Crippen LogP contribution in [0.2, 0.25) is 0 Å². The van der Waals surface area contributed by atoms with Crippen LogP contribution in [0.4, 0.5) is 18.0 Å². The predicted octanol–water partition coefficient (Wildman–Crippen LogP) is 5.71. The summed E-state index contributed by atoms with van der Waals surface area (Å²) >= 11 is 0. The first-order chi connectivity index (χ1) is 17.6. The largest absolute Gasteiger partial charge is 0.573 e. The number of aromatic nitrogens is 2. The molecule has 0 N–H and O–H groups in total. The van der Waals surface area contributed by atoms with E-state index in [0.717, 1.165) is 25.6 Å². The lowest BCUT2D eigenvalue weighted by Crippen LogP contribution is -2.37. The highest BCUT2D eigenvalue weighted by Gasteiger charge is 2.56. The highest BCUT2D eigenvalue weighted by atomic mass is 19.4. The molecule has 1 saturated heterocycles. The Labute approximate surface area is 216 Å². The molecule has 2 fully saturated rings. The Balaban J connectivity index is 1.39. The molecule has 1 aliphatic heterocycles. The molecule has 0 bridgehead atoms. The van der Waals surface area contributed by atoms with Gasteiger partial charge in [-0.25, -0.2) is 9.78 Å². The third-order valence-electron chi connectivity index (χ3n) is 7.57. The van der Waals surface area contributed by atoms with Crippen molar-refractivity contribution in [2.75, 3.05) is 26.2 Å². The first-order valence-corrected chi connectivity index (χ1v) is 13.2. The standard InChI is InChI=1S/C27H37F3N4O3/c1-4-6-8-19(5-2)12-33-14-22-23(15-33)24(22)16-34(26(35)36-25-17-32(3)18-31-25)13-20-9-7-10-21(11-20)37-27(28,29)30/h7,9-11,17-19,22-24H,4-6,8,12-16H2,1-3H3. The minimum atomic E-state index is -4.78. The van der Waals surface area contributed by atoms with E-state index in [4.69, 9.17) is 4.74 Å². The van der Waals surface area contributed by atoms with Crippen LogP contribution in [0, 0.1) is 23.7 Å². The van der Waals surface area contributed by atoms with E-state index in [2.05, 4.69) is 28.5 Å². The lowest BCUT2D eigenvalue weighted by Gasteiger charge is -2.27. The molecule has 2 aromatic rings. The van der Waals surface area contributed by atoms with Gasteiger partial charge >= 0.3 is 12.5 Å². The lowest BCUT2D eigenvalue weighted by molar-refractivity contribution is -0.274. The van der Waals surface area contributed by atoms with E-state index >= 15 is 0 Å². The summed E-state index contributed by atoms with van der Waals surface area (Å²) in [6.07, 6.45) is 2.75. The van der Waals surface area contributed by atoms with Gasteiger partial charge in [-0.2, -0.15) is 0 Å². The van der Waals surface area contributed by atoms with Crippen molar-refractivity contribution in [1.29, 1.82) is 0 Å². The van der Waals surface area contributed by atoms with Gasteiger partial charge in [0.2, 0.25) is 5.88 Å². The Morgan fingerprint density at radius 3 is 2.62 bits per heavy atom. The summed E-state index contributed by atoms with van der Waals surface area (Å²) in [4.78, 5) is 21.3. The minimum absolute atomic E-state index is 0.120. The number of unbranched alkanes of at least 4 members (excludes halogenated alkanes) is 1. The van der Waals surface area contributed by atoms with Gasteiger partial charge in [0.05, 0.1) is 12.5 Å². The molecule has 10 heteroatoms. The van der Waals surface area contributed by atoms with Gasteiger partial charge in [-0.05, 0) is 47.8 Å². The molecule has 1 aromatic carbocycles. The number of rotatable bonds is 12. The van der Waals surface area contributed by atoms with Crippen LogP contribution in [0.3, 0.4) is 0 Å². The SMILES string of the molecule is CCCCC(CC)CN1CC2C(C1)C2CN(Cc1cccc(OC(F)(F)F)c1)C(=O)Oc1cn(C)cn1. The van der Waals surface area contributed by atoms with E-state index in [1.807, 2.05) is 0 Å². The molecule has 0 radical (unpaired) electrons. The highest BCUT2D eigenvalue weighted by molar-refractivity contribution is 5.70. The quantitative estimate of drug-likeness (QED) is 0.357. The van der Waals surface area contributed by atoms with Crippen molar-refractivity contribution in [2.24, 2.45) is 30.7 Å². The number of carbonyl (C=O) groups is 1. The molecular formula is C27H37F3N4O3. The van der Waals surface area contributed by atoms with Crippen LogP contribution < -0.4 is 9.47 Å². The Morgan fingerprint density at radius 2 is 2.00 bits per heavy atom. The maximum Gasteiger partial charge on any atom is 0.573 e. The third kappa shape index (κ3) is 7.63. The zero-order valence-corrected chi connectivity index (χ0v) is 21.8. The van der Waals surface area contributed by atoms with Gasteiger partial charge in [-0.3, -0.25) is 0 Å². The number of likely N-dealkylation sites (tertiary alicyclic amines) is 1. The Kier molecular flexibility index (Phi) is 8.67. The van der Waals surface area contributed by atoms with Crippen molar-refractivity contribution in [3.8, 4) is 11.6 Å². The summed E-state index contributed by atoms with van der Waals surface area (Å²) in [5.74, 6) is 2.04. The van der Waals surface area contributed by atoms with Gasteiger partial charge in [-0.15, -0.1) is 13.2 Å². The molecule has 2 heterocycles. The number of halogens is 3. The maximum absolute atomic E-state index is 13.1. The number of hydrogen-bond acceptors (Lipinski definition) is 5. The number of alkyl halides is 3. The number of carbonyl (C=O) groups excluding carboxylic acids is 1. The van der Waals surface area contributed by atoms with Crippen molar-refractivity contribution < 1.29 is 27.4 Å². The number of benzene rings is 1. The normalized spacial score (nSPS) is 21.9. The van der Waals surface area contributed by atoms with Crippen LogP contribution in [0.25, 0.3) is 0 Å². The molecule has 3 atom stereocenters. The number of fused-ring (bicyclic) bond motifs is 1. The van der Waals surface area contributed by atoms with E-state index in [1.165, 1.54) is 50.2 Å². The van der Waals surface area contributed by atoms with E-state index in [9.17, 15) is 18.0 Å². The molecule has 1 amide bonds. The molecular weight excluding hydrogens is 485 g/mol. The smallest absolute Gasteiger partial charge is 0.406 e. The first kappa shape index (κ1) is 27.3. The van der Waals surface area contributed by atoms with Crippen molar-refractivity contribution in [3.05, 3.63) is 42.4 Å². The summed E-state index contributed by atoms with van der Waals surface area (Å²) in [6, 6.07) is 5.73. The predicted molar refractivity (Wildman–Crippen MR) is 133 cm³/mol. The summed E-state index contributed by atoms with van der Waals surface area (Å²) in [5.41, 5.74) is 0.536. The second-order valence-electron chi connectivity index (χ2n) is 10.4. The molecule has 3 unspecified atom stereocenters. The van der Waals surface area contributed by atoms with E-state index < -0.39 is 12.5 Å².